The normalized spacial score (nSPS) is 11.6. The summed E-state index contributed by atoms with van der Waals surface area (Å²) >= 11 is 0. The molecule has 0 nitrogen and oxygen atoms in total. The zero-order valence-electron chi connectivity index (χ0n) is 29.4. The third-order valence-electron chi connectivity index (χ3n) is 9.46. The van der Waals surface area contributed by atoms with E-state index >= 15 is 0 Å². The van der Waals surface area contributed by atoms with Gasteiger partial charge in [-0.05, 0) is 128 Å². The number of unbranched alkanes of at least 4 members (excludes halogenated alkanes) is 8. The summed E-state index contributed by atoms with van der Waals surface area (Å²) in [6.45, 7) is 16.5. The van der Waals surface area contributed by atoms with E-state index in [1.54, 1.807) is 50.4 Å². The molecule has 0 heterocycles. The molecule has 0 spiro atoms. The van der Waals surface area contributed by atoms with E-state index in [1.165, 1.54) is 141 Å². The highest BCUT2D eigenvalue weighted by Gasteiger charge is 2.25. The first-order chi connectivity index (χ1) is 20.6. The summed E-state index contributed by atoms with van der Waals surface area (Å²) in [5, 5.41) is 0. The van der Waals surface area contributed by atoms with Crippen molar-refractivity contribution in [2.24, 2.45) is 0 Å². The Balaban J connectivity index is 2.84. The maximum absolute atomic E-state index is 2.59. The standard InChI is InChI=1S/C42H69/c1-8-15-22-29-40(41-32-30-34(23-16-9-2)36(25-18-11-4)38(41)27-20-13-6)42-33-31-35(24-17-10-3)37(26-19-12-5)39(42)28-21-14-7/h30-33H,8-29H2,1-7H3. The van der Waals surface area contributed by atoms with Crippen molar-refractivity contribution in [1.29, 1.82) is 0 Å². The van der Waals surface area contributed by atoms with Crippen molar-refractivity contribution in [1.82, 2.24) is 0 Å². The molecule has 0 saturated heterocycles. The highest BCUT2D eigenvalue weighted by Crippen LogP contribution is 2.39. The van der Waals surface area contributed by atoms with Crippen LogP contribution in [0.15, 0.2) is 24.3 Å². The zero-order valence-corrected chi connectivity index (χ0v) is 29.4. The Hall–Kier alpha value is -1.56. The molecule has 0 atom stereocenters. The lowest BCUT2D eigenvalue weighted by Crippen LogP contribution is -2.15. The molecule has 0 amide bonds. The number of benzene rings is 2. The van der Waals surface area contributed by atoms with Crippen LogP contribution in [-0.2, 0) is 38.5 Å². The molecule has 2 aromatic rings. The third-order valence-corrected chi connectivity index (χ3v) is 9.46. The largest absolute Gasteiger partial charge is 0.0654 e. The van der Waals surface area contributed by atoms with Gasteiger partial charge in [-0.3, -0.25) is 0 Å². The predicted molar refractivity (Wildman–Crippen MR) is 190 cm³/mol. The minimum atomic E-state index is 1.22. The molecular weight excluding hydrogens is 504 g/mol. The minimum Gasteiger partial charge on any atom is -0.0654 e. The van der Waals surface area contributed by atoms with Crippen molar-refractivity contribution >= 4 is 0 Å². The van der Waals surface area contributed by atoms with Crippen LogP contribution in [0.3, 0.4) is 0 Å². The lowest BCUT2D eigenvalue weighted by molar-refractivity contribution is 0.680. The van der Waals surface area contributed by atoms with Crippen LogP contribution in [0.1, 0.15) is 196 Å². The van der Waals surface area contributed by atoms with E-state index in [0.29, 0.717) is 0 Å². The van der Waals surface area contributed by atoms with Crippen LogP contribution >= 0.6 is 0 Å². The smallest absolute Gasteiger partial charge is 0.0345 e. The van der Waals surface area contributed by atoms with Gasteiger partial charge in [-0.1, -0.05) is 131 Å². The third kappa shape index (κ3) is 11.2. The van der Waals surface area contributed by atoms with Crippen molar-refractivity contribution in [3.05, 3.63) is 74.7 Å². The summed E-state index contributed by atoms with van der Waals surface area (Å²) in [7, 11) is 0. The molecule has 0 aromatic heterocycles. The SMILES string of the molecule is CCCCC[C](c1ccc(CCCC)c(CCCC)c1CCCC)c1ccc(CCCC)c(CCCC)c1CCCC. The molecule has 0 heteroatoms. The van der Waals surface area contributed by atoms with Gasteiger partial charge in [0, 0.05) is 5.92 Å². The monoisotopic (exact) mass is 574 g/mol. The van der Waals surface area contributed by atoms with Crippen molar-refractivity contribution in [3.63, 3.8) is 0 Å². The number of hydrogen-bond donors (Lipinski definition) is 0. The Kier molecular flexibility index (Phi) is 19.2. The molecule has 42 heavy (non-hydrogen) atoms. The number of aryl methyl sites for hydroxylation is 2. The first kappa shape index (κ1) is 36.6. The molecule has 0 saturated carbocycles. The van der Waals surface area contributed by atoms with Crippen molar-refractivity contribution in [2.75, 3.05) is 0 Å². The van der Waals surface area contributed by atoms with Crippen LogP contribution in [0.5, 0.6) is 0 Å². The first-order valence-corrected chi connectivity index (χ1v) is 18.7. The van der Waals surface area contributed by atoms with Crippen LogP contribution < -0.4 is 0 Å². The van der Waals surface area contributed by atoms with Gasteiger partial charge in [0.15, 0.2) is 0 Å². The second-order valence-electron chi connectivity index (χ2n) is 13.0. The van der Waals surface area contributed by atoms with E-state index in [0.717, 1.165) is 0 Å². The fourth-order valence-electron chi connectivity index (χ4n) is 6.83. The van der Waals surface area contributed by atoms with E-state index in [9.17, 15) is 0 Å². The molecule has 0 aliphatic carbocycles. The molecule has 1 radical (unpaired) electrons. The summed E-state index contributed by atoms with van der Waals surface area (Å²) in [5.41, 5.74) is 13.4. The lowest BCUT2D eigenvalue weighted by Gasteiger charge is -2.29. The fourth-order valence-corrected chi connectivity index (χ4v) is 6.83. The Morgan fingerprint density at radius 1 is 0.357 bits per heavy atom. The maximum atomic E-state index is 2.59. The molecular formula is C42H69. The summed E-state index contributed by atoms with van der Waals surface area (Å²) in [4.78, 5) is 0. The Labute approximate surface area is 263 Å². The topological polar surface area (TPSA) is 0 Å². The molecule has 0 aliphatic heterocycles. The molecule has 0 fully saturated rings. The highest BCUT2D eigenvalue weighted by atomic mass is 14.3. The van der Waals surface area contributed by atoms with Crippen LogP contribution in [0.2, 0.25) is 0 Å². The minimum absolute atomic E-state index is 1.22. The average molecular weight is 574 g/mol. The van der Waals surface area contributed by atoms with E-state index in [2.05, 4.69) is 72.7 Å². The molecule has 0 aliphatic rings. The highest BCUT2D eigenvalue weighted by molar-refractivity contribution is 5.58. The molecule has 0 bridgehead atoms. The molecule has 237 valence electrons. The van der Waals surface area contributed by atoms with Crippen LogP contribution in [0, 0.1) is 5.92 Å². The van der Waals surface area contributed by atoms with Gasteiger partial charge in [0.2, 0.25) is 0 Å². The average Bonchev–Trinajstić information content (AvgIpc) is 3.01. The summed E-state index contributed by atoms with van der Waals surface area (Å²) in [6, 6.07) is 10.3. The summed E-state index contributed by atoms with van der Waals surface area (Å²) in [6.07, 6.45) is 28.1. The van der Waals surface area contributed by atoms with Crippen molar-refractivity contribution in [2.45, 2.75) is 190 Å². The molecule has 0 N–H and O–H groups in total. The maximum Gasteiger partial charge on any atom is 0.0345 e. The lowest BCUT2D eigenvalue weighted by atomic mass is 9.75. The molecule has 2 rings (SSSR count). The van der Waals surface area contributed by atoms with E-state index in [1.807, 2.05) is 0 Å². The molecule has 0 unspecified atom stereocenters. The Morgan fingerprint density at radius 3 is 1.05 bits per heavy atom. The van der Waals surface area contributed by atoms with Crippen molar-refractivity contribution in [3.8, 4) is 0 Å². The van der Waals surface area contributed by atoms with Gasteiger partial charge in [0.25, 0.3) is 0 Å². The summed E-state index contributed by atoms with van der Waals surface area (Å²) in [5.74, 6) is 1.68. The van der Waals surface area contributed by atoms with Gasteiger partial charge in [-0.25, -0.2) is 0 Å². The van der Waals surface area contributed by atoms with Gasteiger partial charge in [0.1, 0.15) is 0 Å². The summed E-state index contributed by atoms with van der Waals surface area (Å²) < 4.78 is 0. The van der Waals surface area contributed by atoms with Gasteiger partial charge in [-0.2, -0.15) is 0 Å². The molecule has 2 aromatic carbocycles. The number of hydrogen-bond acceptors (Lipinski definition) is 0. The Morgan fingerprint density at radius 2 is 0.690 bits per heavy atom. The number of rotatable bonds is 24. The second kappa shape index (κ2) is 22.0. The van der Waals surface area contributed by atoms with E-state index < -0.39 is 0 Å². The van der Waals surface area contributed by atoms with Crippen LogP contribution in [0.4, 0.5) is 0 Å². The Bertz CT molecular complexity index is 905. The quantitative estimate of drug-likeness (QED) is 0.110. The fraction of sp³-hybridized carbons (Fsp3) is 0.690. The predicted octanol–water partition coefficient (Wildman–Crippen LogP) is 13.3. The van der Waals surface area contributed by atoms with Gasteiger partial charge >= 0.3 is 0 Å². The van der Waals surface area contributed by atoms with Gasteiger partial charge in [0.05, 0.1) is 0 Å². The van der Waals surface area contributed by atoms with E-state index in [4.69, 9.17) is 0 Å². The van der Waals surface area contributed by atoms with Crippen LogP contribution in [-0.4, -0.2) is 0 Å². The first-order valence-electron chi connectivity index (χ1n) is 18.7. The van der Waals surface area contributed by atoms with Gasteiger partial charge in [-0.15, -0.1) is 0 Å². The van der Waals surface area contributed by atoms with Crippen molar-refractivity contribution < 1.29 is 0 Å². The van der Waals surface area contributed by atoms with Gasteiger partial charge < -0.3 is 0 Å². The second-order valence-corrected chi connectivity index (χ2v) is 13.0. The zero-order chi connectivity index (χ0) is 30.6. The van der Waals surface area contributed by atoms with E-state index in [-0.39, 0.29) is 0 Å². The van der Waals surface area contributed by atoms with Crippen LogP contribution in [0.25, 0.3) is 0 Å².